The van der Waals surface area contributed by atoms with Gasteiger partial charge in [0.25, 0.3) is 0 Å². The third-order valence-electron chi connectivity index (χ3n) is 1.84. The van der Waals surface area contributed by atoms with Gasteiger partial charge in [0.2, 0.25) is 0 Å². The first-order valence-electron chi connectivity index (χ1n) is 3.90. The Hall–Kier alpha value is -0.570. The van der Waals surface area contributed by atoms with E-state index >= 15 is 0 Å². The quantitative estimate of drug-likeness (QED) is 0.749. The molecule has 1 aromatic rings. The van der Waals surface area contributed by atoms with Gasteiger partial charge in [0.15, 0.2) is 0 Å². The standard InChI is InChI=1S/C9H13ClN2/c1-12-9(6-11)7-3-2-4-8(10)5-7/h2-5,9,12H,6,11H2,1H3/t9-/m0/s1. The van der Waals surface area contributed by atoms with Gasteiger partial charge in [-0.1, -0.05) is 23.7 Å². The molecule has 3 heteroatoms. The van der Waals surface area contributed by atoms with Crippen LogP contribution in [0.4, 0.5) is 0 Å². The molecule has 12 heavy (non-hydrogen) atoms. The molecule has 0 aliphatic heterocycles. The van der Waals surface area contributed by atoms with Crippen molar-refractivity contribution >= 4 is 11.6 Å². The summed E-state index contributed by atoms with van der Waals surface area (Å²) in [5.74, 6) is 0. The first-order valence-corrected chi connectivity index (χ1v) is 4.28. The molecular formula is C9H13ClN2. The zero-order chi connectivity index (χ0) is 8.97. The van der Waals surface area contributed by atoms with Crippen LogP contribution in [0.5, 0.6) is 0 Å². The molecule has 0 fully saturated rings. The van der Waals surface area contributed by atoms with Crippen molar-refractivity contribution in [1.29, 1.82) is 0 Å². The van der Waals surface area contributed by atoms with Gasteiger partial charge in [0.1, 0.15) is 0 Å². The SMILES string of the molecule is CN[C@@H](CN)c1cccc(Cl)c1. The lowest BCUT2D eigenvalue weighted by Crippen LogP contribution is -2.24. The van der Waals surface area contributed by atoms with E-state index < -0.39 is 0 Å². The molecular weight excluding hydrogens is 172 g/mol. The second kappa shape index (κ2) is 4.45. The number of halogens is 1. The molecule has 0 saturated carbocycles. The second-order valence-corrected chi connectivity index (χ2v) is 3.07. The van der Waals surface area contributed by atoms with E-state index in [2.05, 4.69) is 5.32 Å². The van der Waals surface area contributed by atoms with Crippen molar-refractivity contribution in [3.8, 4) is 0 Å². The van der Waals surface area contributed by atoms with Crippen LogP contribution < -0.4 is 11.1 Å². The number of likely N-dealkylation sites (N-methyl/N-ethyl adjacent to an activating group) is 1. The van der Waals surface area contributed by atoms with Crippen molar-refractivity contribution in [2.45, 2.75) is 6.04 Å². The maximum atomic E-state index is 5.83. The minimum Gasteiger partial charge on any atom is -0.329 e. The van der Waals surface area contributed by atoms with Crippen molar-refractivity contribution in [2.24, 2.45) is 5.73 Å². The van der Waals surface area contributed by atoms with Crippen LogP contribution in [-0.2, 0) is 0 Å². The Kier molecular flexibility index (Phi) is 3.53. The highest BCUT2D eigenvalue weighted by molar-refractivity contribution is 6.30. The molecule has 0 radical (unpaired) electrons. The van der Waals surface area contributed by atoms with Gasteiger partial charge in [-0.05, 0) is 24.7 Å². The molecule has 0 spiro atoms. The Morgan fingerprint density at radius 1 is 1.58 bits per heavy atom. The maximum absolute atomic E-state index is 5.83. The molecule has 0 aliphatic rings. The average molecular weight is 185 g/mol. The molecule has 3 N–H and O–H groups in total. The molecule has 0 unspecified atom stereocenters. The summed E-state index contributed by atoms with van der Waals surface area (Å²) in [6.45, 7) is 0.580. The van der Waals surface area contributed by atoms with Gasteiger partial charge in [-0.2, -0.15) is 0 Å². The number of nitrogens with two attached hydrogens (primary N) is 1. The highest BCUT2D eigenvalue weighted by Crippen LogP contribution is 2.16. The molecule has 0 saturated heterocycles. The maximum Gasteiger partial charge on any atom is 0.0442 e. The van der Waals surface area contributed by atoms with Gasteiger partial charge in [0, 0.05) is 17.6 Å². The van der Waals surface area contributed by atoms with Gasteiger partial charge in [-0.3, -0.25) is 0 Å². The summed E-state index contributed by atoms with van der Waals surface area (Å²) in [7, 11) is 1.89. The van der Waals surface area contributed by atoms with Crippen molar-refractivity contribution in [3.63, 3.8) is 0 Å². The van der Waals surface area contributed by atoms with Crippen LogP contribution in [0.2, 0.25) is 5.02 Å². The second-order valence-electron chi connectivity index (χ2n) is 2.63. The summed E-state index contributed by atoms with van der Waals surface area (Å²) in [6, 6.07) is 7.92. The summed E-state index contributed by atoms with van der Waals surface area (Å²) >= 11 is 5.83. The molecule has 66 valence electrons. The number of rotatable bonds is 3. The van der Waals surface area contributed by atoms with Crippen LogP contribution in [-0.4, -0.2) is 13.6 Å². The van der Waals surface area contributed by atoms with Crippen LogP contribution in [0.3, 0.4) is 0 Å². The lowest BCUT2D eigenvalue weighted by atomic mass is 10.1. The molecule has 1 atom stereocenters. The molecule has 2 nitrogen and oxygen atoms in total. The van der Waals surface area contributed by atoms with E-state index in [4.69, 9.17) is 17.3 Å². The van der Waals surface area contributed by atoms with E-state index in [1.54, 1.807) is 0 Å². The van der Waals surface area contributed by atoms with Crippen molar-refractivity contribution < 1.29 is 0 Å². The Balaban J connectivity index is 2.85. The molecule has 0 heterocycles. The third kappa shape index (κ3) is 2.21. The molecule has 0 amide bonds. The van der Waals surface area contributed by atoms with Crippen LogP contribution in [0.1, 0.15) is 11.6 Å². The van der Waals surface area contributed by atoms with Gasteiger partial charge in [-0.15, -0.1) is 0 Å². The van der Waals surface area contributed by atoms with E-state index in [1.165, 1.54) is 0 Å². The number of hydrogen-bond acceptors (Lipinski definition) is 2. The van der Waals surface area contributed by atoms with Gasteiger partial charge < -0.3 is 11.1 Å². The fourth-order valence-electron chi connectivity index (χ4n) is 1.14. The highest BCUT2D eigenvalue weighted by Gasteiger charge is 2.05. The van der Waals surface area contributed by atoms with Crippen molar-refractivity contribution in [3.05, 3.63) is 34.9 Å². The normalized spacial score (nSPS) is 12.9. The summed E-state index contributed by atoms with van der Waals surface area (Å²) < 4.78 is 0. The smallest absolute Gasteiger partial charge is 0.0442 e. The largest absolute Gasteiger partial charge is 0.329 e. The lowest BCUT2D eigenvalue weighted by Gasteiger charge is -2.13. The first-order chi connectivity index (χ1) is 5.77. The average Bonchev–Trinajstić information content (AvgIpc) is 2.07. The highest BCUT2D eigenvalue weighted by atomic mass is 35.5. The zero-order valence-corrected chi connectivity index (χ0v) is 7.81. The Morgan fingerprint density at radius 2 is 2.33 bits per heavy atom. The summed E-state index contributed by atoms with van der Waals surface area (Å²) in [5.41, 5.74) is 6.69. The Bertz CT molecular complexity index is 246. The van der Waals surface area contributed by atoms with E-state index in [1.807, 2.05) is 31.3 Å². The third-order valence-corrected chi connectivity index (χ3v) is 2.07. The Labute approximate surface area is 77.7 Å². The number of nitrogens with one attached hydrogen (secondary N) is 1. The van der Waals surface area contributed by atoms with Crippen LogP contribution in [0.15, 0.2) is 24.3 Å². The van der Waals surface area contributed by atoms with Crippen molar-refractivity contribution in [2.75, 3.05) is 13.6 Å². The topological polar surface area (TPSA) is 38.0 Å². The summed E-state index contributed by atoms with van der Waals surface area (Å²) in [4.78, 5) is 0. The summed E-state index contributed by atoms with van der Waals surface area (Å²) in [5, 5.41) is 3.86. The lowest BCUT2D eigenvalue weighted by molar-refractivity contribution is 0.606. The monoisotopic (exact) mass is 184 g/mol. The molecule has 0 bridgehead atoms. The van der Waals surface area contributed by atoms with E-state index in [0.29, 0.717) is 6.54 Å². The van der Waals surface area contributed by atoms with Crippen molar-refractivity contribution in [1.82, 2.24) is 5.32 Å². The Morgan fingerprint density at radius 3 is 2.83 bits per heavy atom. The van der Waals surface area contributed by atoms with Crippen LogP contribution in [0, 0.1) is 0 Å². The van der Waals surface area contributed by atoms with Gasteiger partial charge in [0.05, 0.1) is 0 Å². The molecule has 1 rings (SSSR count). The fourth-order valence-corrected chi connectivity index (χ4v) is 1.34. The molecule has 0 aromatic heterocycles. The van der Waals surface area contributed by atoms with E-state index in [9.17, 15) is 0 Å². The summed E-state index contributed by atoms with van der Waals surface area (Å²) in [6.07, 6.45) is 0. The van der Waals surface area contributed by atoms with E-state index in [0.717, 1.165) is 10.6 Å². The minimum atomic E-state index is 0.198. The zero-order valence-electron chi connectivity index (χ0n) is 7.05. The predicted octanol–water partition coefficient (Wildman–Crippen LogP) is 1.56. The predicted molar refractivity (Wildman–Crippen MR) is 52.3 cm³/mol. The van der Waals surface area contributed by atoms with Crippen LogP contribution >= 0.6 is 11.6 Å². The van der Waals surface area contributed by atoms with E-state index in [-0.39, 0.29) is 6.04 Å². The van der Waals surface area contributed by atoms with Gasteiger partial charge in [-0.25, -0.2) is 0 Å². The number of benzene rings is 1. The van der Waals surface area contributed by atoms with Crippen LogP contribution in [0.25, 0.3) is 0 Å². The molecule has 1 aromatic carbocycles. The first kappa shape index (κ1) is 9.52. The fraction of sp³-hybridized carbons (Fsp3) is 0.333. The van der Waals surface area contributed by atoms with Gasteiger partial charge >= 0.3 is 0 Å². The molecule has 0 aliphatic carbocycles. The minimum absolute atomic E-state index is 0.198. The number of hydrogen-bond donors (Lipinski definition) is 2.